The smallest absolute Gasteiger partial charge is 0.200 e. The third-order valence-corrected chi connectivity index (χ3v) is 0.957. The first-order valence-corrected chi connectivity index (χ1v) is 3.28. The normalized spacial score (nSPS) is 13.5. The molecule has 62 valence electrons. The molecule has 3 nitrogen and oxygen atoms in total. The highest BCUT2D eigenvalue weighted by Crippen LogP contribution is 1.98. The van der Waals surface area contributed by atoms with Crippen LogP contribution >= 0.6 is 0 Å². The van der Waals surface area contributed by atoms with Crippen LogP contribution in [0.4, 0.5) is 4.39 Å². The van der Waals surface area contributed by atoms with E-state index in [0.717, 1.165) is 0 Å². The Labute approximate surface area is 59.4 Å². The van der Waals surface area contributed by atoms with Gasteiger partial charge in [0.2, 0.25) is 6.36 Å². The molecule has 0 aromatic heterocycles. The van der Waals surface area contributed by atoms with Crippen LogP contribution in [0.25, 0.3) is 0 Å². The third kappa shape index (κ3) is 5.94. The van der Waals surface area contributed by atoms with Gasteiger partial charge in [-0.25, -0.2) is 4.39 Å². The molecule has 0 aliphatic carbocycles. The van der Waals surface area contributed by atoms with Gasteiger partial charge in [-0.05, 0) is 6.42 Å². The number of halogens is 1. The molecule has 0 rings (SSSR count). The van der Waals surface area contributed by atoms with Crippen molar-refractivity contribution in [1.29, 1.82) is 0 Å². The van der Waals surface area contributed by atoms with Crippen molar-refractivity contribution in [2.45, 2.75) is 19.2 Å². The third-order valence-electron chi connectivity index (χ3n) is 0.957. The molecule has 0 amide bonds. The summed E-state index contributed by atoms with van der Waals surface area (Å²) in [5.41, 5.74) is 0. The molecule has 10 heavy (non-hydrogen) atoms. The summed E-state index contributed by atoms with van der Waals surface area (Å²) in [5.74, 6) is 0. The summed E-state index contributed by atoms with van der Waals surface area (Å²) in [6, 6.07) is 0. The number of alkyl halides is 1. The zero-order valence-electron chi connectivity index (χ0n) is 5.79. The summed E-state index contributed by atoms with van der Waals surface area (Å²) in [7, 11) is 0. The minimum Gasteiger partial charge on any atom is -0.396 e. The maximum atomic E-state index is 12.3. The molecule has 0 aromatic carbocycles. The van der Waals surface area contributed by atoms with Crippen LogP contribution in [0.15, 0.2) is 0 Å². The molecule has 0 aromatic rings. The standard InChI is InChI=1S/C6H13FO3/c7-6(2-4-9)10-5-1-3-8/h6,8-9H,1-5H2. The van der Waals surface area contributed by atoms with Crippen LogP contribution < -0.4 is 0 Å². The zero-order chi connectivity index (χ0) is 7.82. The van der Waals surface area contributed by atoms with Crippen molar-refractivity contribution in [3.63, 3.8) is 0 Å². The second kappa shape index (κ2) is 6.92. The highest BCUT2D eigenvalue weighted by atomic mass is 19.1. The van der Waals surface area contributed by atoms with Gasteiger partial charge >= 0.3 is 0 Å². The number of aliphatic hydroxyl groups excluding tert-OH is 2. The van der Waals surface area contributed by atoms with Crippen LogP contribution in [-0.2, 0) is 4.74 Å². The number of rotatable bonds is 6. The van der Waals surface area contributed by atoms with Crippen molar-refractivity contribution in [1.82, 2.24) is 0 Å². The number of hydrogen-bond donors (Lipinski definition) is 2. The molecule has 0 spiro atoms. The summed E-state index contributed by atoms with van der Waals surface area (Å²) >= 11 is 0. The summed E-state index contributed by atoms with van der Waals surface area (Å²) in [5, 5.41) is 16.5. The Morgan fingerprint density at radius 1 is 1.30 bits per heavy atom. The number of aliphatic hydroxyl groups is 2. The van der Waals surface area contributed by atoms with E-state index in [1.807, 2.05) is 0 Å². The number of ether oxygens (including phenoxy) is 1. The summed E-state index contributed by atoms with van der Waals surface area (Å²) in [4.78, 5) is 0. The van der Waals surface area contributed by atoms with E-state index in [-0.39, 0.29) is 26.2 Å². The molecule has 4 heteroatoms. The lowest BCUT2D eigenvalue weighted by atomic mass is 10.4. The second-order valence-electron chi connectivity index (χ2n) is 1.87. The van der Waals surface area contributed by atoms with Crippen LogP contribution in [0.2, 0.25) is 0 Å². The molecule has 0 radical (unpaired) electrons. The second-order valence-corrected chi connectivity index (χ2v) is 1.87. The lowest BCUT2D eigenvalue weighted by Crippen LogP contribution is -2.10. The number of hydrogen-bond acceptors (Lipinski definition) is 3. The molecule has 1 unspecified atom stereocenters. The van der Waals surface area contributed by atoms with Gasteiger partial charge in [0.05, 0.1) is 6.61 Å². The van der Waals surface area contributed by atoms with Crippen molar-refractivity contribution >= 4 is 0 Å². The highest BCUT2D eigenvalue weighted by Gasteiger charge is 2.03. The minimum atomic E-state index is -1.39. The predicted octanol–water partition coefficient (Wildman–Crippen LogP) is 0.0634. The van der Waals surface area contributed by atoms with Gasteiger partial charge in [0.1, 0.15) is 0 Å². The van der Waals surface area contributed by atoms with Crippen LogP contribution in [0, 0.1) is 0 Å². The molecule has 0 saturated carbocycles. The SMILES string of the molecule is OCCCOC(F)CCO. The monoisotopic (exact) mass is 152 g/mol. The van der Waals surface area contributed by atoms with Crippen molar-refractivity contribution in [2.24, 2.45) is 0 Å². The first-order valence-electron chi connectivity index (χ1n) is 3.28. The van der Waals surface area contributed by atoms with E-state index in [0.29, 0.717) is 6.42 Å². The quantitative estimate of drug-likeness (QED) is 0.529. The Hall–Kier alpha value is -0.190. The molecular weight excluding hydrogens is 139 g/mol. The first kappa shape index (κ1) is 9.81. The van der Waals surface area contributed by atoms with Crippen LogP contribution in [-0.4, -0.2) is 36.4 Å². The fourth-order valence-corrected chi connectivity index (χ4v) is 0.461. The van der Waals surface area contributed by atoms with Gasteiger partial charge in [-0.3, -0.25) is 0 Å². The lowest BCUT2D eigenvalue weighted by Gasteiger charge is -2.06. The maximum absolute atomic E-state index is 12.3. The maximum Gasteiger partial charge on any atom is 0.200 e. The van der Waals surface area contributed by atoms with Gasteiger partial charge in [0.15, 0.2) is 0 Å². The zero-order valence-corrected chi connectivity index (χ0v) is 5.79. The van der Waals surface area contributed by atoms with E-state index in [1.165, 1.54) is 0 Å². The average molecular weight is 152 g/mol. The molecule has 0 heterocycles. The topological polar surface area (TPSA) is 49.7 Å². The van der Waals surface area contributed by atoms with Crippen molar-refractivity contribution in [3.05, 3.63) is 0 Å². The Balaban J connectivity index is 2.97. The molecule has 0 aliphatic heterocycles. The van der Waals surface area contributed by atoms with E-state index < -0.39 is 6.36 Å². The molecule has 0 fully saturated rings. The van der Waals surface area contributed by atoms with E-state index in [2.05, 4.69) is 4.74 Å². The fourth-order valence-electron chi connectivity index (χ4n) is 0.461. The van der Waals surface area contributed by atoms with Gasteiger partial charge in [0, 0.05) is 19.6 Å². The van der Waals surface area contributed by atoms with Gasteiger partial charge in [-0.2, -0.15) is 0 Å². The van der Waals surface area contributed by atoms with Crippen LogP contribution in [0.3, 0.4) is 0 Å². The Morgan fingerprint density at radius 3 is 2.50 bits per heavy atom. The largest absolute Gasteiger partial charge is 0.396 e. The minimum absolute atomic E-state index is 0.00539. The van der Waals surface area contributed by atoms with E-state index in [9.17, 15) is 4.39 Å². The van der Waals surface area contributed by atoms with Gasteiger partial charge in [-0.1, -0.05) is 0 Å². The van der Waals surface area contributed by atoms with Crippen LogP contribution in [0.1, 0.15) is 12.8 Å². The van der Waals surface area contributed by atoms with Gasteiger partial charge in [0.25, 0.3) is 0 Å². The molecule has 2 N–H and O–H groups in total. The summed E-state index contributed by atoms with van der Waals surface area (Å²) < 4.78 is 16.8. The van der Waals surface area contributed by atoms with Gasteiger partial charge in [-0.15, -0.1) is 0 Å². The molecule has 0 aliphatic rings. The molecule has 1 atom stereocenters. The average Bonchev–Trinajstić information content (AvgIpc) is 1.89. The first-order chi connectivity index (χ1) is 4.81. The Morgan fingerprint density at radius 2 is 2.00 bits per heavy atom. The van der Waals surface area contributed by atoms with Gasteiger partial charge < -0.3 is 14.9 Å². The van der Waals surface area contributed by atoms with E-state index in [1.54, 1.807) is 0 Å². The summed E-state index contributed by atoms with van der Waals surface area (Å²) in [6.45, 7) is 0.00377. The lowest BCUT2D eigenvalue weighted by molar-refractivity contribution is -0.0544. The molecule has 0 saturated heterocycles. The predicted molar refractivity (Wildman–Crippen MR) is 34.3 cm³/mol. The summed E-state index contributed by atoms with van der Waals surface area (Å²) in [6.07, 6.45) is -0.950. The molecular formula is C6H13FO3. The Kier molecular flexibility index (Phi) is 6.79. The van der Waals surface area contributed by atoms with Crippen LogP contribution in [0.5, 0.6) is 0 Å². The van der Waals surface area contributed by atoms with E-state index in [4.69, 9.17) is 10.2 Å². The molecule has 0 bridgehead atoms. The van der Waals surface area contributed by atoms with Crippen molar-refractivity contribution in [3.8, 4) is 0 Å². The van der Waals surface area contributed by atoms with E-state index >= 15 is 0 Å². The fraction of sp³-hybridized carbons (Fsp3) is 1.00. The van der Waals surface area contributed by atoms with Crippen molar-refractivity contribution < 1.29 is 19.3 Å². The highest BCUT2D eigenvalue weighted by molar-refractivity contribution is 4.40. The van der Waals surface area contributed by atoms with Crippen molar-refractivity contribution in [2.75, 3.05) is 19.8 Å². The Bertz CT molecular complexity index is 70.0.